The lowest BCUT2D eigenvalue weighted by Gasteiger charge is -2.01. The molecular weight excluding hydrogens is 200 g/mol. The molecule has 0 aromatic rings. The van der Waals surface area contributed by atoms with Gasteiger partial charge in [-0.1, -0.05) is 32.0 Å². The van der Waals surface area contributed by atoms with Gasteiger partial charge >= 0.3 is 0 Å². The third-order valence-corrected chi connectivity index (χ3v) is 2.68. The molecule has 16 heavy (non-hydrogen) atoms. The molecule has 1 heterocycles. The molecule has 1 N–H and O–H groups in total. The van der Waals surface area contributed by atoms with Gasteiger partial charge in [-0.3, -0.25) is 4.79 Å². The van der Waals surface area contributed by atoms with Crippen LogP contribution in [-0.4, -0.2) is 4.98 Å². The Hall–Kier alpha value is -2.08. The van der Waals surface area contributed by atoms with Gasteiger partial charge in [0.25, 0.3) is 5.56 Å². The normalized spacial score (nSPS) is 10.6. The highest BCUT2D eigenvalue weighted by Gasteiger charge is 2.14. The van der Waals surface area contributed by atoms with Gasteiger partial charge in [0, 0.05) is 5.56 Å². The molecule has 2 rings (SSSR count). The van der Waals surface area contributed by atoms with Gasteiger partial charge in [0.05, 0.1) is 5.69 Å². The molecule has 0 radical (unpaired) electrons. The number of nitriles is 1. The first-order valence-corrected chi connectivity index (χ1v) is 5.19. The monoisotopic (exact) mass is 212 g/mol. The van der Waals surface area contributed by atoms with Crippen LogP contribution in [0.1, 0.15) is 30.9 Å². The topological polar surface area (TPSA) is 56.6 Å². The third kappa shape index (κ3) is 1.59. The highest BCUT2D eigenvalue weighted by molar-refractivity contribution is 5.69. The van der Waals surface area contributed by atoms with E-state index in [0.29, 0.717) is 11.5 Å². The number of hydrogen-bond donors (Lipinski definition) is 1. The summed E-state index contributed by atoms with van der Waals surface area (Å²) in [5, 5.41) is 8.90. The van der Waals surface area contributed by atoms with Crippen LogP contribution in [-0.2, 0) is 0 Å². The Labute approximate surface area is 93.7 Å². The van der Waals surface area contributed by atoms with Crippen LogP contribution in [0, 0.1) is 11.3 Å². The number of hydrogen-bond acceptors (Lipinski definition) is 2. The molecule has 0 fully saturated rings. The van der Waals surface area contributed by atoms with E-state index in [0.717, 1.165) is 11.3 Å². The van der Waals surface area contributed by atoms with Crippen LogP contribution in [0.25, 0.3) is 11.3 Å². The molecule has 0 saturated carbocycles. The number of aromatic amines is 1. The Morgan fingerprint density at radius 1 is 1.38 bits per heavy atom. The maximum Gasteiger partial charge on any atom is 0.267 e. The lowest BCUT2D eigenvalue weighted by Crippen LogP contribution is -2.00. The van der Waals surface area contributed by atoms with E-state index in [1.54, 1.807) is 6.07 Å². The number of fused-ring (bicyclic) bond motifs is 1. The van der Waals surface area contributed by atoms with Crippen LogP contribution >= 0.6 is 0 Å². The molecular formula is C13H12N2O. The van der Waals surface area contributed by atoms with Gasteiger partial charge < -0.3 is 4.98 Å². The van der Waals surface area contributed by atoms with Crippen molar-refractivity contribution in [3.8, 4) is 17.3 Å². The molecule has 0 aromatic heterocycles. The van der Waals surface area contributed by atoms with Crippen LogP contribution in [0.4, 0.5) is 0 Å². The highest BCUT2D eigenvalue weighted by Crippen LogP contribution is 2.24. The Morgan fingerprint density at radius 3 is 2.75 bits per heavy atom. The fraction of sp³-hybridized carbons (Fsp3) is 0.231. The first-order valence-electron chi connectivity index (χ1n) is 5.19. The van der Waals surface area contributed by atoms with E-state index in [-0.39, 0.29) is 11.1 Å². The molecule has 0 spiro atoms. The van der Waals surface area contributed by atoms with Gasteiger partial charge in [-0.05, 0) is 17.5 Å². The largest absolute Gasteiger partial charge is 0.321 e. The quantitative estimate of drug-likeness (QED) is 0.789. The average molecular weight is 212 g/mol. The molecule has 0 unspecified atom stereocenters. The van der Waals surface area contributed by atoms with E-state index in [1.807, 2.05) is 24.3 Å². The molecule has 0 amide bonds. The van der Waals surface area contributed by atoms with Crippen molar-refractivity contribution in [1.82, 2.24) is 4.98 Å². The van der Waals surface area contributed by atoms with Crippen LogP contribution < -0.4 is 5.56 Å². The van der Waals surface area contributed by atoms with Gasteiger partial charge in [-0.2, -0.15) is 5.26 Å². The first kappa shape index (κ1) is 10.4. The summed E-state index contributed by atoms with van der Waals surface area (Å²) in [6, 6.07) is 9.56. The van der Waals surface area contributed by atoms with Gasteiger partial charge in [0.1, 0.15) is 11.6 Å². The second-order valence-electron chi connectivity index (χ2n) is 4.09. The van der Waals surface area contributed by atoms with E-state index >= 15 is 0 Å². The summed E-state index contributed by atoms with van der Waals surface area (Å²) in [4.78, 5) is 14.2. The lowest BCUT2D eigenvalue weighted by atomic mass is 10.0. The van der Waals surface area contributed by atoms with Crippen molar-refractivity contribution in [2.24, 2.45) is 0 Å². The molecule has 0 bridgehead atoms. The Balaban J connectivity index is 2.74. The summed E-state index contributed by atoms with van der Waals surface area (Å²) >= 11 is 0. The lowest BCUT2D eigenvalue weighted by molar-refractivity contribution is 0.868. The van der Waals surface area contributed by atoms with E-state index in [4.69, 9.17) is 5.26 Å². The molecule has 80 valence electrons. The van der Waals surface area contributed by atoms with Crippen molar-refractivity contribution in [1.29, 1.82) is 5.26 Å². The maximum absolute atomic E-state index is 11.5. The third-order valence-electron chi connectivity index (χ3n) is 2.68. The Kier molecular flexibility index (Phi) is 2.49. The molecule has 0 saturated heterocycles. The molecule has 1 aliphatic heterocycles. The van der Waals surface area contributed by atoms with Crippen LogP contribution in [0.3, 0.4) is 0 Å². The second kappa shape index (κ2) is 3.82. The maximum atomic E-state index is 11.5. The number of H-pyrrole nitrogens is 1. The standard InChI is InChI=1S/C13H12N2O/c1-8(2)9-4-3-5-10-11(7-14)13(16)15-12(10)6-9/h3-6,8H,1-2H3,(H,15,16). The summed E-state index contributed by atoms with van der Waals surface area (Å²) in [6.45, 7) is 4.18. The Morgan fingerprint density at radius 2 is 2.12 bits per heavy atom. The Bertz CT molecular complexity index is 590. The number of aromatic nitrogens is 1. The number of rotatable bonds is 1. The summed E-state index contributed by atoms with van der Waals surface area (Å²) in [6.07, 6.45) is 0. The molecule has 1 aliphatic carbocycles. The van der Waals surface area contributed by atoms with Gasteiger partial charge in [0.2, 0.25) is 0 Å². The van der Waals surface area contributed by atoms with E-state index in [2.05, 4.69) is 18.8 Å². The minimum absolute atomic E-state index is 0.195. The van der Waals surface area contributed by atoms with Gasteiger partial charge in [-0.25, -0.2) is 0 Å². The smallest absolute Gasteiger partial charge is 0.267 e. The van der Waals surface area contributed by atoms with Crippen molar-refractivity contribution in [3.63, 3.8) is 0 Å². The predicted molar refractivity (Wildman–Crippen MR) is 62.5 cm³/mol. The van der Waals surface area contributed by atoms with E-state index in [9.17, 15) is 4.79 Å². The zero-order valence-corrected chi connectivity index (χ0v) is 9.24. The van der Waals surface area contributed by atoms with E-state index in [1.165, 1.54) is 0 Å². The number of nitrogens with one attached hydrogen (secondary N) is 1. The van der Waals surface area contributed by atoms with Crippen LogP contribution in [0.5, 0.6) is 0 Å². The fourth-order valence-corrected chi connectivity index (χ4v) is 1.74. The minimum Gasteiger partial charge on any atom is -0.321 e. The first-order chi connectivity index (χ1) is 7.63. The second-order valence-corrected chi connectivity index (χ2v) is 4.09. The molecule has 0 aromatic carbocycles. The van der Waals surface area contributed by atoms with Crippen LogP contribution in [0.2, 0.25) is 0 Å². The highest BCUT2D eigenvalue weighted by atomic mass is 16.1. The SMILES string of the molecule is CC(C)c1cccc2c(C#N)c(=O)[nH]c-2c1. The fourth-order valence-electron chi connectivity index (χ4n) is 1.74. The van der Waals surface area contributed by atoms with Gasteiger partial charge in [0.15, 0.2) is 0 Å². The van der Waals surface area contributed by atoms with Crippen molar-refractivity contribution < 1.29 is 0 Å². The molecule has 2 aliphatic rings. The van der Waals surface area contributed by atoms with Crippen LogP contribution in [0.15, 0.2) is 29.1 Å². The van der Waals surface area contributed by atoms with Crippen molar-refractivity contribution >= 4 is 0 Å². The predicted octanol–water partition coefficient (Wildman–Crippen LogP) is 2.47. The van der Waals surface area contributed by atoms with Crippen molar-refractivity contribution in [2.45, 2.75) is 19.8 Å². The zero-order valence-electron chi connectivity index (χ0n) is 9.24. The zero-order chi connectivity index (χ0) is 11.7. The molecule has 3 nitrogen and oxygen atoms in total. The number of nitrogens with zero attached hydrogens (tertiary/aromatic N) is 1. The summed E-state index contributed by atoms with van der Waals surface area (Å²) in [5.41, 5.74) is 2.45. The van der Waals surface area contributed by atoms with E-state index < -0.39 is 0 Å². The average Bonchev–Trinajstić information content (AvgIpc) is 2.42. The summed E-state index contributed by atoms with van der Waals surface area (Å²) < 4.78 is 0. The summed E-state index contributed by atoms with van der Waals surface area (Å²) in [7, 11) is 0. The molecule has 3 heteroatoms. The van der Waals surface area contributed by atoms with Gasteiger partial charge in [-0.15, -0.1) is 0 Å². The summed E-state index contributed by atoms with van der Waals surface area (Å²) in [5.74, 6) is 0.388. The molecule has 0 atom stereocenters. The van der Waals surface area contributed by atoms with Crippen molar-refractivity contribution in [3.05, 3.63) is 45.7 Å². The van der Waals surface area contributed by atoms with Crippen molar-refractivity contribution in [2.75, 3.05) is 0 Å². The minimum atomic E-state index is -0.307.